The zero-order valence-electron chi connectivity index (χ0n) is 20.5. The molecule has 2 aromatic carbocycles. The molecule has 38 heavy (non-hydrogen) atoms. The number of ether oxygens (including phenoxy) is 1. The van der Waals surface area contributed by atoms with Crippen molar-refractivity contribution >= 4 is 29.3 Å². The number of benzene rings is 2. The number of carbonyl (C=O) groups excluding carboxylic acids is 3. The third-order valence-corrected chi connectivity index (χ3v) is 5.59. The molecule has 3 amide bonds. The van der Waals surface area contributed by atoms with Crippen molar-refractivity contribution in [3.63, 3.8) is 0 Å². The first-order valence-electron chi connectivity index (χ1n) is 11.5. The van der Waals surface area contributed by atoms with Gasteiger partial charge in [-0.05, 0) is 19.1 Å². The predicted octanol–water partition coefficient (Wildman–Crippen LogP) is 2.91. The van der Waals surface area contributed by atoms with Crippen molar-refractivity contribution in [3.05, 3.63) is 53.6 Å². The molecule has 2 aromatic rings. The fourth-order valence-electron chi connectivity index (χ4n) is 3.68. The number of cyclic esters (lactones) is 1. The summed E-state index contributed by atoms with van der Waals surface area (Å²) in [4.78, 5) is 43.3. The van der Waals surface area contributed by atoms with Gasteiger partial charge in [0.1, 0.15) is 17.5 Å². The van der Waals surface area contributed by atoms with Gasteiger partial charge in [-0.2, -0.15) is 8.78 Å². The second kappa shape index (κ2) is 12.4. The van der Waals surface area contributed by atoms with Gasteiger partial charge in [0, 0.05) is 32.3 Å². The van der Waals surface area contributed by atoms with E-state index in [1.54, 1.807) is 19.1 Å². The van der Waals surface area contributed by atoms with Crippen LogP contribution in [0.25, 0.3) is 0 Å². The van der Waals surface area contributed by atoms with Gasteiger partial charge in [0.15, 0.2) is 11.6 Å². The summed E-state index contributed by atoms with van der Waals surface area (Å²) in [7, 11) is 1.40. The van der Waals surface area contributed by atoms with Crippen molar-refractivity contribution in [2.75, 3.05) is 49.6 Å². The fourth-order valence-corrected chi connectivity index (χ4v) is 3.68. The molecule has 0 bridgehead atoms. The van der Waals surface area contributed by atoms with Gasteiger partial charge >= 0.3 is 12.5 Å². The summed E-state index contributed by atoms with van der Waals surface area (Å²) in [5.41, 5.74) is -0.540. The Morgan fingerprint density at radius 1 is 1.24 bits per heavy atom. The summed E-state index contributed by atoms with van der Waals surface area (Å²) >= 11 is 0. The lowest BCUT2D eigenvalue weighted by atomic mass is 10.2. The molecule has 0 spiro atoms. The first-order chi connectivity index (χ1) is 18.0. The van der Waals surface area contributed by atoms with Gasteiger partial charge in [0.25, 0.3) is 11.8 Å². The molecule has 14 heteroatoms. The summed E-state index contributed by atoms with van der Waals surface area (Å²) < 4.78 is 59.4. The van der Waals surface area contributed by atoms with Crippen LogP contribution in [0.5, 0.6) is 5.75 Å². The predicted molar refractivity (Wildman–Crippen MR) is 127 cm³/mol. The minimum Gasteiger partial charge on any atom is -0.507 e. The standard InChI is InChI=1S/C24H26F4N4O6/c1-3-32(23(35)16-6-4-5-7-19(16)33)37-9-8-30(2)20-17(25)10-14(11-18(20)26)31-13-15(38-24(31)36)12-29-22(34)21(27)28/h4-7,10-11,15,21,33H,3,8-9,12-13H2,1-2H3,(H,29,34)/t15-/m0/s1. The number of anilines is 2. The number of phenols is 1. The number of para-hydroxylation sites is 1. The monoisotopic (exact) mass is 542 g/mol. The normalized spacial score (nSPS) is 15.0. The number of nitrogens with zero attached hydrogens (tertiary/aromatic N) is 3. The molecule has 0 aliphatic carbocycles. The highest BCUT2D eigenvalue weighted by Crippen LogP contribution is 2.30. The van der Waals surface area contributed by atoms with Crippen LogP contribution in [0.15, 0.2) is 36.4 Å². The van der Waals surface area contributed by atoms with Crippen molar-refractivity contribution in [2.45, 2.75) is 19.5 Å². The summed E-state index contributed by atoms with van der Waals surface area (Å²) in [6, 6.07) is 7.76. The van der Waals surface area contributed by atoms with E-state index in [-0.39, 0.29) is 43.2 Å². The number of carbonyl (C=O) groups is 3. The molecule has 1 aliphatic rings. The van der Waals surface area contributed by atoms with Gasteiger partial charge in [-0.1, -0.05) is 12.1 Å². The summed E-state index contributed by atoms with van der Waals surface area (Å²) in [5, 5.41) is 12.8. The van der Waals surface area contributed by atoms with Crippen LogP contribution in [-0.4, -0.2) is 80.4 Å². The lowest BCUT2D eigenvalue weighted by molar-refractivity contribution is -0.132. The van der Waals surface area contributed by atoms with Gasteiger partial charge in [0.05, 0.1) is 30.9 Å². The zero-order chi connectivity index (χ0) is 28.0. The molecule has 3 rings (SSSR count). The lowest BCUT2D eigenvalue weighted by Gasteiger charge is -2.25. The molecule has 1 fully saturated rings. The molecule has 0 aromatic heterocycles. The molecule has 0 unspecified atom stereocenters. The van der Waals surface area contributed by atoms with Gasteiger partial charge in [-0.15, -0.1) is 0 Å². The first kappa shape index (κ1) is 28.5. The maximum atomic E-state index is 14.9. The van der Waals surface area contributed by atoms with Gasteiger partial charge in [-0.25, -0.2) is 18.6 Å². The number of amides is 3. The van der Waals surface area contributed by atoms with Crippen LogP contribution in [0.2, 0.25) is 0 Å². The minimum absolute atomic E-state index is 0.0323. The number of rotatable bonds is 11. The van der Waals surface area contributed by atoms with Crippen LogP contribution in [0.3, 0.4) is 0 Å². The Balaban J connectivity index is 1.61. The SMILES string of the molecule is CCN(OCCN(C)c1c(F)cc(N2C[C@H](CNC(=O)C(F)F)OC2=O)cc1F)C(=O)c1ccccc1O. The Labute approximate surface area is 215 Å². The molecule has 10 nitrogen and oxygen atoms in total. The van der Waals surface area contributed by atoms with Crippen LogP contribution in [0, 0.1) is 11.6 Å². The Hall–Kier alpha value is -4.07. The van der Waals surface area contributed by atoms with Gasteiger partial charge in [0.2, 0.25) is 0 Å². The van der Waals surface area contributed by atoms with E-state index in [0.29, 0.717) is 0 Å². The summed E-state index contributed by atoms with van der Waals surface area (Å²) in [5.74, 6) is -4.33. The number of hydrogen-bond acceptors (Lipinski definition) is 7. The number of aromatic hydroxyl groups is 1. The number of nitrogens with one attached hydrogen (secondary N) is 1. The molecular formula is C24H26F4N4O6. The Bertz CT molecular complexity index is 1160. The van der Waals surface area contributed by atoms with Crippen LogP contribution < -0.4 is 15.1 Å². The van der Waals surface area contributed by atoms with Crippen LogP contribution in [0.1, 0.15) is 17.3 Å². The average Bonchev–Trinajstić information content (AvgIpc) is 3.24. The van der Waals surface area contributed by atoms with E-state index in [2.05, 4.69) is 0 Å². The van der Waals surface area contributed by atoms with Gasteiger partial charge in [-0.3, -0.25) is 19.3 Å². The van der Waals surface area contributed by atoms with Crippen molar-refractivity contribution in [1.82, 2.24) is 10.4 Å². The Kier molecular flexibility index (Phi) is 9.34. The number of phenolic OH excluding ortho intramolecular Hbond substituents is 1. The number of halogens is 4. The van der Waals surface area contributed by atoms with E-state index in [4.69, 9.17) is 9.57 Å². The highest BCUT2D eigenvalue weighted by Gasteiger charge is 2.34. The van der Waals surface area contributed by atoms with Crippen LogP contribution in [0.4, 0.5) is 33.7 Å². The smallest absolute Gasteiger partial charge is 0.414 e. The van der Waals surface area contributed by atoms with Gasteiger partial charge < -0.3 is 20.1 Å². The van der Waals surface area contributed by atoms with E-state index < -0.39 is 54.3 Å². The maximum Gasteiger partial charge on any atom is 0.414 e. The van der Waals surface area contributed by atoms with E-state index in [1.807, 2.05) is 5.32 Å². The maximum absolute atomic E-state index is 14.9. The molecule has 1 atom stereocenters. The molecule has 206 valence electrons. The first-order valence-corrected chi connectivity index (χ1v) is 11.5. The molecule has 2 N–H and O–H groups in total. The Morgan fingerprint density at radius 2 is 1.89 bits per heavy atom. The third-order valence-electron chi connectivity index (χ3n) is 5.59. The molecule has 1 saturated heterocycles. The number of likely N-dealkylation sites (N-methyl/N-ethyl adjacent to an activating group) is 1. The molecule has 1 aliphatic heterocycles. The summed E-state index contributed by atoms with van der Waals surface area (Å²) in [6.07, 6.45) is -5.18. The largest absolute Gasteiger partial charge is 0.507 e. The van der Waals surface area contributed by atoms with Crippen molar-refractivity contribution in [1.29, 1.82) is 0 Å². The molecule has 0 saturated carbocycles. The van der Waals surface area contributed by atoms with Crippen molar-refractivity contribution < 1.29 is 46.6 Å². The molecular weight excluding hydrogens is 516 g/mol. The quantitative estimate of drug-likeness (QED) is 0.332. The molecule has 1 heterocycles. The van der Waals surface area contributed by atoms with Crippen LogP contribution >= 0.6 is 0 Å². The highest BCUT2D eigenvalue weighted by molar-refractivity contribution is 5.96. The molecule has 0 radical (unpaired) electrons. The van der Waals surface area contributed by atoms with E-state index in [1.165, 1.54) is 24.1 Å². The van der Waals surface area contributed by atoms with Crippen molar-refractivity contribution in [2.24, 2.45) is 0 Å². The fraction of sp³-hybridized carbons (Fsp3) is 0.375. The number of hydroxylamine groups is 2. The average molecular weight is 542 g/mol. The van der Waals surface area contributed by atoms with Crippen molar-refractivity contribution in [3.8, 4) is 5.75 Å². The second-order valence-corrected chi connectivity index (χ2v) is 8.19. The minimum atomic E-state index is -3.23. The zero-order valence-corrected chi connectivity index (χ0v) is 20.5. The Morgan fingerprint density at radius 3 is 2.50 bits per heavy atom. The summed E-state index contributed by atoms with van der Waals surface area (Å²) in [6.45, 7) is 1.03. The third kappa shape index (κ3) is 6.62. The topological polar surface area (TPSA) is 112 Å². The highest BCUT2D eigenvalue weighted by atomic mass is 19.3. The van der Waals surface area contributed by atoms with E-state index in [9.17, 15) is 37.1 Å². The van der Waals surface area contributed by atoms with E-state index in [0.717, 1.165) is 22.1 Å². The second-order valence-electron chi connectivity index (χ2n) is 8.19. The lowest BCUT2D eigenvalue weighted by Crippen LogP contribution is -2.37. The number of hydrogen-bond donors (Lipinski definition) is 2. The van der Waals surface area contributed by atoms with Crippen LogP contribution in [-0.2, 0) is 14.4 Å². The van der Waals surface area contributed by atoms with E-state index >= 15 is 0 Å². The number of alkyl halides is 2.